The molecular weight excluding hydrogens is 248 g/mol. The molecule has 0 aromatic heterocycles. The molecular formula is C15H19F2NO. The normalized spacial score (nSPS) is 16.7. The van der Waals surface area contributed by atoms with E-state index in [9.17, 15) is 8.78 Å². The van der Waals surface area contributed by atoms with Gasteiger partial charge in [-0.1, -0.05) is 13.0 Å². The highest BCUT2D eigenvalue weighted by atomic mass is 19.1. The van der Waals surface area contributed by atoms with Gasteiger partial charge in [0.1, 0.15) is 17.4 Å². The van der Waals surface area contributed by atoms with Crippen LogP contribution in [0, 0.1) is 11.6 Å². The number of hydrogen-bond acceptors (Lipinski definition) is 2. The molecule has 104 valence electrons. The summed E-state index contributed by atoms with van der Waals surface area (Å²) in [6.07, 6.45) is 4.84. The fourth-order valence-corrected chi connectivity index (χ4v) is 2.17. The Kier molecular flexibility index (Phi) is 4.91. The van der Waals surface area contributed by atoms with Crippen LogP contribution in [0.2, 0.25) is 0 Å². The maximum absolute atomic E-state index is 13.9. The molecule has 1 unspecified atom stereocenters. The van der Waals surface area contributed by atoms with Crippen molar-refractivity contribution >= 4 is 0 Å². The smallest absolute Gasteiger partial charge is 0.131 e. The lowest BCUT2D eigenvalue weighted by Gasteiger charge is -2.25. The molecule has 2 nitrogen and oxygen atoms in total. The number of halogens is 2. The molecule has 1 heterocycles. The number of benzene rings is 1. The summed E-state index contributed by atoms with van der Waals surface area (Å²) in [6.45, 7) is 3.45. The van der Waals surface area contributed by atoms with Crippen LogP contribution < -0.4 is 5.32 Å². The van der Waals surface area contributed by atoms with E-state index in [1.165, 1.54) is 12.1 Å². The second-order valence-corrected chi connectivity index (χ2v) is 4.65. The van der Waals surface area contributed by atoms with Crippen molar-refractivity contribution in [3.05, 3.63) is 47.2 Å². The van der Waals surface area contributed by atoms with E-state index >= 15 is 0 Å². The van der Waals surface area contributed by atoms with Crippen molar-refractivity contribution in [3.8, 4) is 0 Å². The summed E-state index contributed by atoms with van der Waals surface area (Å²) in [4.78, 5) is 0. The quantitative estimate of drug-likeness (QED) is 0.878. The predicted octanol–water partition coefficient (Wildman–Crippen LogP) is 3.70. The Morgan fingerprint density at radius 2 is 2.21 bits per heavy atom. The van der Waals surface area contributed by atoms with Crippen molar-refractivity contribution in [1.29, 1.82) is 0 Å². The second kappa shape index (κ2) is 6.66. The van der Waals surface area contributed by atoms with Gasteiger partial charge < -0.3 is 10.1 Å². The average molecular weight is 267 g/mol. The lowest BCUT2D eigenvalue weighted by Crippen LogP contribution is -2.27. The Hall–Kier alpha value is -1.42. The van der Waals surface area contributed by atoms with Gasteiger partial charge in [0.25, 0.3) is 0 Å². The molecule has 4 heteroatoms. The first-order valence-electron chi connectivity index (χ1n) is 6.73. The molecule has 0 bridgehead atoms. The largest absolute Gasteiger partial charge is 0.496 e. The van der Waals surface area contributed by atoms with E-state index in [0.717, 1.165) is 37.6 Å². The SMILES string of the molecule is CCCNC(C1=CCCCO1)c1ccc(F)cc1F. The van der Waals surface area contributed by atoms with Gasteiger partial charge in [0.05, 0.1) is 12.6 Å². The van der Waals surface area contributed by atoms with Gasteiger partial charge in [0, 0.05) is 11.6 Å². The number of ether oxygens (including phenoxy) is 1. The van der Waals surface area contributed by atoms with Gasteiger partial charge in [-0.2, -0.15) is 0 Å². The second-order valence-electron chi connectivity index (χ2n) is 4.65. The van der Waals surface area contributed by atoms with Crippen LogP contribution in [-0.2, 0) is 4.74 Å². The van der Waals surface area contributed by atoms with Gasteiger partial charge in [-0.3, -0.25) is 0 Å². The molecule has 0 fully saturated rings. The first-order valence-corrected chi connectivity index (χ1v) is 6.73. The Morgan fingerprint density at radius 3 is 2.84 bits per heavy atom. The van der Waals surface area contributed by atoms with Gasteiger partial charge in [0.15, 0.2) is 0 Å². The van der Waals surface area contributed by atoms with E-state index in [1.54, 1.807) is 0 Å². The van der Waals surface area contributed by atoms with E-state index in [-0.39, 0.29) is 6.04 Å². The third-order valence-electron chi connectivity index (χ3n) is 3.12. The van der Waals surface area contributed by atoms with E-state index in [1.807, 2.05) is 13.0 Å². The van der Waals surface area contributed by atoms with Crippen LogP contribution in [0.4, 0.5) is 8.78 Å². The topological polar surface area (TPSA) is 21.3 Å². The summed E-state index contributed by atoms with van der Waals surface area (Å²) in [6, 6.07) is 3.35. The molecule has 19 heavy (non-hydrogen) atoms. The van der Waals surface area contributed by atoms with Crippen molar-refractivity contribution < 1.29 is 13.5 Å². The van der Waals surface area contributed by atoms with Crippen LogP contribution in [0.3, 0.4) is 0 Å². The fourth-order valence-electron chi connectivity index (χ4n) is 2.17. The summed E-state index contributed by atoms with van der Waals surface area (Å²) < 4.78 is 32.5. The third kappa shape index (κ3) is 3.53. The maximum atomic E-state index is 13.9. The Morgan fingerprint density at radius 1 is 1.37 bits per heavy atom. The molecule has 1 N–H and O–H groups in total. The zero-order chi connectivity index (χ0) is 13.7. The number of hydrogen-bond donors (Lipinski definition) is 1. The molecule has 1 aromatic carbocycles. The van der Waals surface area contributed by atoms with Crippen molar-refractivity contribution in [2.45, 2.75) is 32.2 Å². The molecule has 0 radical (unpaired) electrons. The maximum Gasteiger partial charge on any atom is 0.131 e. The Balaban J connectivity index is 2.27. The van der Waals surface area contributed by atoms with Crippen LogP contribution in [-0.4, -0.2) is 13.2 Å². The van der Waals surface area contributed by atoms with E-state index in [0.29, 0.717) is 12.2 Å². The molecule has 0 saturated heterocycles. The monoisotopic (exact) mass is 267 g/mol. The highest BCUT2D eigenvalue weighted by Crippen LogP contribution is 2.28. The lowest BCUT2D eigenvalue weighted by atomic mass is 10.0. The number of allylic oxidation sites excluding steroid dienone is 1. The molecule has 1 aliphatic heterocycles. The van der Waals surface area contributed by atoms with Gasteiger partial charge >= 0.3 is 0 Å². The minimum absolute atomic E-state index is 0.333. The first kappa shape index (κ1) is 14.0. The Labute approximate surface area is 112 Å². The van der Waals surface area contributed by atoms with Gasteiger partial charge in [0.2, 0.25) is 0 Å². The lowest BCUT2D eigenvalue weighted by molar-refractivity contribution is 0.166. The number of rotatable bonds is 5. The zero-order valence-corrected chi connectivity index (χ0v) is 11.1. The summed E-state index contributed by atoms with van der Waals surface area (Å²) in [5.74, 6) is -0.358. The minimum atomic E-state index is -0.561. The van der Waals surface area contributed by atoms with Crippen molar-refractivity contribution in [2.75, 3.05) is 13.2 Å². The van der Waals surface area contributed by atoms with Gasteiger partial charge in [-0.15, -0.1) is 0 Å². The summed E-state index contributed by atoms with van der Waals surface area (Å²) >= 11 is 0. The van der Waals surface area contributed by atoms with Crippen LogP contribution in [0.1, 0.15) is 37.8 Å². The minimum Gasteiger partial charge on any atom is -0.496 e. The fraction of sp³-hybridized carbons (Fsp3) is 0.467. The average Bonchev–Trinajstić information content (AvgIpc) is 2.42. The van der Waals surface area contributed by atoms with Crippen LogP contribution in [0.25, 0.3) is 0 Å². The van der Waals surface area contributed by atoms with E-state index < -0.39 is 11.6 Å². The van der Waals surface area contributed by atoms with E-state index in [4.69, 9.17) is 4.74 Å². The molecule has 2 rings (SSSR count). The molecule has 1 aromatic rings. The highest BCUT2D eigenvalue weighted by Gasteiger charge is 2.22. The van der Waals surface area contributed by atoms with Crippen molar-refractivity contribution in [3.63, 3.8) is 0 Å². The summed E-state index contributed by atoms with van der Waals surface area (Å²) in [7, 11) is 0. The standard InChI is InChI=1S/C15H19F2NO/c1-2-8-18-15(14-5-3-4-9-19-14)12-7-6-11(16)10-13(12)17/h5-7,10,15,18H,2-4,8-9H2,1H3. The first-order chi connectivity index (χ1) is 9.22. The zero-order valence-electron chi connectivity index (χ0n) is 11.1. The van der Waals surface area contributed by atoms with E-state index in [2.05, 4.69) is 5.32 Å². The van der Waals surface area contributed by atoms with Crippen LogP contribution in [0.5, 0.6) is 0 Å². The van der Waals surface area contributed by atoms with Crippen LogP contribution in [0.15, 0.2) is 30.0 Å². The third-order valence-corrected chi connectivity index (χ3v) is 3.12. The summed E-state index contributed by atoms with van der Waals surface area (Å²) in [5, 5.41) is 3.26. The van der Waals surface area contributed by atoms with Crippen molar-refractivity contribution in [2.24, 2.45) is 0 Å². The molecule has 0 spiro atoms. The molecule has 0 aliphatic carbocycles. The predicted molar refractivity (Wildman–Crippen MR) is 70.7 cm³/mol. The summed E-state index contributed by atoms with van der Waals surface area (Å²) in [5.41, 5.74) is 0.433. The Bertz CT molecular complexity index is 459. The van der Waals surface area contributed by atoms with Gasteiger partial charge in [-0.05, 0) is 37.9 Å². The van der Waals surface area contributed by atoms with Crippen LogP contribution >= 0.6 is 0 Å². The molecule has 0 saturated carbocycles. The molecule has 1 aliphatic rings. The molecule has 0 amide bonds. The van der Waals surface area contributed by atoms with Crippen molar-refractivity contribution in [1.82, 2.24) is 5.32 Å². The molecule has 1 atom stereocenters. The number of nitrogens with one attached hydrogen (secondary N) is 1. The highest BCUT2D eigenvalue weighted by molar-refractivity contribution is 5.28. The van der Waals surface area contributed by atoms with Gasteiger partial charge in [-0.25, -0.2) is 8.78 Å².